The lowest BCUT2D eigenvalue weighted by Gasteiger charge is -2.12. The second-order valence-corrected chi connectivity index (χ2v) is 6.44. The van der Waals surface area contributed by atoms with E-state index in [1.807, 2.05) is 0 Å². The highest BCUT2D eigenvalue weighted by molar-refractivity contribution is 8.18. The summed E-state index contributed by atoms with van der Waals surface area (Å²) in [4.78, 5) is 35.4. The number of hydrogen-bond acceptors (Lipinski definition) is 6. The van der Waals surface area contributed by atoms with E-state index in [9.17, 15) is 14.4 Å². The minimum Gasteiger partial charge on any atom is -0.495 e. The number of rotatable bonds is 6. The first-order valence-corrected chi connectivity index (χ1v) is 8.78. The number of nitrogens with one attached hydrogen (secondary N) is 2. The average Bonchev–Trinajstić information content (AvgIpc) is 2.98. The molecule has 1 heterocycles. The highest BCUT2D eigenvalue weighted by Gasteiger charge is 2.25. The normalized spacial score (nSPS) is 14.8. The highest BCUT2D eigenvalue weighted by atomic mass is 32.2. The molecule has 7 nitrogen and oxygen atoms in total. The van der Waals surface area contributed by atoms with Gasteiger partial charge >= 0.3 is 0 Å². The van der Waals surface area contributed by atoms with Crippen molar-refractivity contribution in [2.75, 3.05) is 19.0 Å². The molecule has 0 aliphatic carbocycles. The molecule has 1 aliphatic heterocycles. The Morgan fingerprint density at radius 3 is 2.52 bits per heavy atom. The highest BCUT2D eigenvalue weighted by Crippen LogP contribution is 2.29. The molecule has 27 heavy (non-hydrogen) atoms. The standard InChI is InChI=1S/C19H16N2O5S/c1-25-15-9-5-3-7-13(15)20-17(22)11-26-14-8-4-2-6-12(14)10-16-18(23)21-19(24)27-16/h2-10H,11H2,1H3,(H,20,22)(H,21,23,24)/b16-10-. The summed E-state index contributed by atoms with van der Waals surface area (Å²) in [6, 6.07) is 14.0. The zero-order valence-corrected chi connectivity index (χ0v) is 15.2. The molecular weight excluding hydrogens is 368 g/mol. The number of ether oxygens (including phenoxy) is 2. The van der Waals surface area contributed by atoms with Gasteiger partial charge in [0.25, 0.3) is 17.1 Å². The monoisotopic (exact) mass is 384 g/mol. The van der Waals surface area contributed by atoms with Crippen LogP contribution in [0, 0.1) is 0 Å². The van der Waals surface area contributed by atoms with E-state index in [1.54, 1.807) is 54.6 Å². The number of amides is 3. The predicted molar refractivity (Wildman–Crippen MR) is 103 cm³/mol. The van der Waals surface area contributed by atoms with Gasteiger partial charge in [-0.25, -0.2) is 0 Å². The molecular formula is C19H16N2O5S. The van der Waals surface area contributed by atoms with Gasteiger partial charge in [-0.15, -0.1) is 0 Å². The Labute approximate surface area is 159 Å². The number of methoxy groups -OCH3 is 1. The maximum absolute atomic E-state index is 12.2. The second-order valence-electron chi connectivity index (χ2n) is 5.43. The predicted octanol–water partition coefficient (Wildman–Crippen LogP) is 3.04. The SMILES string of the molecule is COc1ccccc1NC(=O)COc1ccccc1/C=C1\SC(=O)NC1=O. The number of anilines is 1. The molecule has 3 amide bonds. The summed E-state index contributed by atoms with van der Waals surface area (Å²) < 4.78 is 10.8. The van der Waals surface area contributed by atoms with Crippen LogP contribution in [0.4, 0.5) is 10.5 Å². The van der Waals surface area contributed by atoms with Gasteiger partial charge in [-0.1, -0.05) is 30.3 Å². The molecule has 0 spiro atoms. The largest absolute Gasteiger partial charge is 0.495 e. The third kappa shape index (κ3) is 4.68. The molecule has 0 bridgehead atoms. The van der Waals surface area contributed by atoms with E-state index in [2.05, 4.69) is 10.6 Å². The van der Waals surface area contributed by atoms with E-state index in [0.717, 1.165) is 11.8 Å². The first kappa shape index (κ1) is 18.5. The molecule has 2 aromatic rings. The summed E-state index contributed by atoms with van der Waals surface area (Å²) >= 11 is 0.820. The van der Waals surface area contributed by atoms with Crippen LogP contribution in [0.2, 0.25) is 0 Å². The van der Waals surface area contributed by atoms with Crippen LogP contribution in [0.3, 0.4) is 0 Å². The van der Waals surface area contributed by atoms with E-state index in [0.29, 0.717) is 22.7 Å². The van der Waals surface area contributed by atoms with Crippen LogP contribution in [-0.4, -0.2) is 30.8 Å². The molecule has 1 saturated heterocycles. The molecule has 2 aromatic carbocycles. The van der Waals surface area contributed by atoms with Crippen LogP contribution >= 0.6 is 11.8 Å². The van der Waals surface area contributed by atoms with Crippen LogP contribution in [0.25, 0.3) is 6.08 Å². The van der Waals surface area contributed by atoms with Crippen molar-refractivity contribution in [3.8, 4) is 11.5 Å². The molecule has 1 fully saturated rings. The summed E-state index contributed by atoms with van der Waals surface area (Å²) in [5, 5.41) is 4.50. The smallest absolute Gasteiger partial charge is 0.290 e. The van der Waals surface area contributed by atoms with E-state index < -0.39 is 11.1 Å². The van der Waals surface area contributed by atoms with Crippen LogP contribution < -0.4 is 20.1 Å². The zero-order chi connectivity index (χ0) is 19.2. The van der Waals surface area contributed by atoms with Gasteiger partial charge in [-0.05, 0) is 36.0 Å². The topological polar surface area (TPSA) is 93.7 Å². The number of imide groups is 1. The Hall–Kier alpha value is -3.26. The van der Waals surface area contributed by atoms with Gasteiger partial charge in [-0.3, -0.25) is 19.7 Å². The van der Waals surface area contributed by atoms with Crippen molar-refractivity contribution in [1.82, 2.24) is 5.32 Å². The number of benzene rings is 2. The van der Waals surface area contributed by atoms with Crippen molar-refractivity contribution in [2.45, 2.75) is 0 Å². The maximum Gasteiger partial charge on any atom is 0.290 e. The summed E-state index contributed by atoms with van der Waals surface area (Å²) in [6.07, 6.45) is 1.55. The van der Waals surface area contributed by atoms with Crippen LogP contribution in [0.5, 0.6) is 11.5 Å². The minimum absolute atomic E-state index is 0.226. The average molecular weight is 384 g/mol. The Kier molecular flexibility index (Phi) is 5.77. The van der Waals surface area contributed by atoms with E-state index >= 15 is 0 Å². The van der Waals surface area contributed by atoms with Crippen molar-refractivity contribution >= 4 is 40.6 Å². The Morgan fingerprint density at radius 2 is 1.81 bits per heavy atom. The van der Waals surface area contributed by atoms with Crippen LogP contribution in [0.1, 0.15) is 5.56 Å². The second kappa shape index (κ2) is 8.41. The quantitative estimate of drug-likeness (QED) is 0.744. The molecule has 0 saturated carbocycles. The Morgan fingerprint density at radius 1 is 1.11 bits per heavy atom. The fourth-order valence-electron chi connectivity index (χ4n) is 2.37. The van der Waals surface area contributed by atoms with Gasteiger partial charge < -0.3 is 14.8 Å². The van der Waals surface area contributed by atoms with Gasteiger partial charge in [0.05, 0.1) is 17.7 Å². The summed E-state index contributed by atoms with van der Waals surface area (Å²) in [7, 11) is 1.52. The van der Waals surface area contributed by atoms with Gasteiger partial charge in [0.15, 0.2) is 6.61 Å². The van der Waals surface area contributed by atoms with Gasteiger partial charge in [0.1, 0.15) is 11.5 Å². The fraction of sp³-hybridized carbons (Fsp3) is 0.105. The lowest BCUT2D eigenvalue weighted by molar-refractivity contribution is -0.118. The zero-order valence-electron chi connectivity index (χ0n) is 14.4. The summed E-state index contributed by atoms with van der Waals surface area (Å²) in [5.74, 6) is 0.164. The summed E-state index contributed by atoms with van der Waals surface area (Å²) in [5.41, 5.74) is 1.14. The molecule has 2 N–H and O–H groups in total. The van der Waals surface area contributed by atoms with E-state index in [4.69, 9.17) is 9.47 Å². The molecule has 0 radical (unpaired) electrons. The van der Waals surface area contributed by atoms with Crippen molar-refractivity contribution < 1.29 is 23.9 Å². The first-order valence-electron chi connectivity index (χ1n) is 7.96. The molecule has 138 valence electrons. The van der Waals surface area contributed by atoms with E-state index in [-0.39, 0.29) is 17.4 Å². The molecule has 0 aromatic heterocycles. The molecule has 8 heteroatoms. The number of thioether (sulfide) groups is 1. The number of carbonyl (C=O) groups is 3. The minimum atomic E-state index is -0.450. The van der Waals surface area contributed by atoms with Crippen molar-refractivity contribution in [3.63, 3.8) is 0 Å². The molecule has 1 aliphatic rings. The Balaban J connectivity index is 1.68. The molecule has 0 unspecified atom stereocenters. The van der Waals surface area contributed by atoms with Crippen molar-refractivity contribution in [1.29, 1.82) is 0 Å². The van der Waals surface area contributed by atoms with Crippen LogP contribution in [-0.2, 0) is 9.59 Å². The maximum atomic E-state index is 12.2. The third-order valence-electron chi connectivity index (χ3n) is 3.59. The number of hydrogen-bond donors (Lipinski definition) is 2. The van der Waals surface area contributed by atoms with E-state index in [1.165, 1.54) is 7.11 Å². The number of carbonyl (C=O) groups excluding carboxylic acids is 3. The van der Waals surface area contributed by atoms with Gasteiger partial charge in [-0.2, -0.15) is 0 Å². The third-order valence-corrected chi connectivity index (χ3v) is 4.40. The van der Waals surface area contributed by atoms with Crippen molar-refractivity contribution in [3.05, 3.63) is 59.0 Å². The van der Waals surface area contributed by atoms with Crippen LogP contribution in [0.15, 0.2) is 53.4 Å². The first-order chi connectivity index (χ1) is 13.1. The van der Waals surface area contributed by atoms with Gasteiger partial charge in [0, 0.05) is 5.56 Å². The lowest BCUT2D eigenvalue weighted by Crippen LogP contribution is -2.20. The fourth-order valence-corrected chi connectivity index (χ4v) is 3.04. The number of para-hydroxylation sites is 3. The summed E-state index contributed by atoms with van der Waals surface area (Å²) in [6.45, 7) is -0.226. The lowest BCUT2D eigenvalue weighted by atomic mass is 10.2. The van der Waals surface area contributed by atoms with Gasteiger partial charge in [0.2, 0.25) is 0 Å². The Bertz CT molecular complexity index is 926. The molecule has 3 rings (SSSR count). The molecule has 0 atom stereocenters. The van der Waals surface area contributed by atoms with Crippen molar-refractivity contribution in [2.24, 2.45) is 0 Å².